The van der Waals surface area contributed by atoms with Gasteiger partial charge in [-0.25, -0.2) is 0 Å². The molecule has 0 saturated carbocycles. The molecule has 0 atom stereocenters. The van der Waals surface area contributed by atoms with Crippen molar-refractivity contribution in [3.8, 4) is 0 Å². The molecule has 0 amide bonds. The van der Waals surface area contributed by atoms with E-state index in [1.807, 2.05) is 25.1 Å². The summed E-state index contributed by atoms with van der Waals surface area (Å²) in [4.78, 5) is 0. The van der Waals surface area contributed by atoms with E-state index in [1.165, 1.54) is 4.09 Å². The highest BCUT2D eigenvalue weighted by Crippen LogP contribution is 2.25. The van der Waals surface area contributed by atoms with Gasteiger partial charge in [-0.1, -0.05) is 15.9 Å². The molecule has 0 unspecified atom stereocenters. The molecule has 0 N–H and O–H groups in total. The van der Waals surface area contributed by atoms with Gasteiger partial charge in [-0.05, 0) is 25.1 Å². The van der Waals surface area contributed by atoms with E-state index in [-0.39, 0.29) is 12.3 Å². The van der Waals surface area contributed by atoms with Gasteiger partial charge in [0.05, 0.1) is 11.2 Å². The Kier molecular flexibility index (Phi) is 2.29. The van der Waals surface area contributed by atoms with E-state index in [0.717, 1.165) is 21.1 Å². The molecular weight excluding hydrogens is 255 g/mol. The number of aromatic nitrogens is 2. The van der Waals surface area contributed by atoms with E-state index in [4.69, 9.17) is 0 Å². The quantitative estimate of drug-likeness (QED) is 0.782. The van der Waals surface area contributed by atoms with E-state index in [0.29, 0.717) is 0 Å². The minimum Gasteiger partial charge on any atom is -0.176 e. The first-order chi connectivity index (χ1) is 6.22. The molecule has 0 spiro atoms. The van der Waals surface area contributed by atoms with Crippen molar-refractivity contribution in [1.82, 2.24) is 9.19 Å². The molecule has 0 aliphatic heterocycles. The van der Waals surface area contributed by atoms with E-state index in [1.54, 1.807) is 0 Å². The van der Waals surface area contributed by atoms with Crippen LogP contribution < -0.4 is 0 Å². The normalized spacial score (nSPS) is 11.0. The second-order valence-corrected chi connectivity index (χ2v) is 4.09. The smallest absolute Gasteiger partial charge is 0.176 e. The lowest BCUT2D eigenvalue weighted by Gasteiger charge is -1.93. The van der Waals surface area contributed by atoms with E-state index in [9.17, 15) is 3.89 Å². The van der Waals surface area contributed by atoms with Crippen molar-refractivity contribution in [2.75, 3.05) is 0 Å². The lowest BCUT2D eigenvalue weighted by atomic mass is 10.2. The van der Waals surface area contributed by atoms with Crippen LogP contribution in [0.25, 0.3) is 10.9 Å². The average molecular weight is 261 g/mol. The molecule has 1 aromatic heterocycles. The van der Waals surface area contributed by atoms with Gasteiger partial charge in [0.2, 0.25) is 0 Å². The first kappa shape index (κ1) is 9.02. The minimum atomic E-state index is 0.115. The fourth-order valence-corrected chi connectivity index (χ4v) is 2.01. The van der Waals surface area contributed by atoms with Crippen LogP contribution in [0.2, 0.25) is 0 Å². The molecule has 5 heteroatoms. The number of hydrogen-bond acceptors (Lipinski definition) is 2. The highest BCUT2D eigenvalue weighted by Gasteiger charge is 2.07. The number of hydrogen-bond donors (Lipinski definition) is 0. The molecule has 0 radical (unpaired) electrons. The topological polar surface area (TPSA) is 17.8 Å². The number of fused-ring (bicyclic) bond motifs is 1. The minimum absolute atomic E-state index is 0.115. The zero-order valence-corrected chi connectivity index (χ0v) is 9.19. The first-order valence-corrected chi connectivity index (χ1v) is 5.13. The van der Waals surface area contributed by atoms with Gasteiger partial charge in [-0.15, -0.1) is 3.89 Å². The van der Waals surface area contributed by atoms with Gasteiger partial charge in [0.1, 0.15) is 0 Å². The summed E-state index contributed by atoms with van der Waals surface area (Å²) in [5.41, 5.74) is 1.63. The highest BCUT2D eigenvalue weighted by molar-refractivity contribution is 9.10. The van der Waals surface area contributed by atoms with Crippen molar-refractivity contribution < 1.29 is 3.89 Å². The predicted octanol–water partition coefficient (Wildman–Crippen LogP) is 3.49. The average Bonchev–Trinajstić information content (AvgIpc) is 2.43. The fourth-order valence-electron chi connectivity index (χ4n) is 1.26. The molecule has 0 aliphatic carbocycles. The van der Waals surface area contributed by atoms with Crippen molar-refractivity contribution in [3.63, 3.8) is 0 Å². The van der Waals surface area contributed by atoms with Gasteiger partial charge in [0.25, 0.3) is 0 Å². The standard InChI is InChI=1S/C8H6BrFN2S/c1-5-7-4-6(9)2-3-8(7)12(11-5)13-10/h2-4H,1H3. The number of aryl methyl sites for hydroxylation is 1. The predicted molar refractivity (Wildman–Crippen MR) is 56.3 cm³/mol. The molecule has 0 fully saturated rings. The van der Waals surface area contributed by atoms with Gasteiger partial charge in [0.15, 0.2) is 12.3 Å². The van der Waals surface area contributed by atoms with Gasteiger partial charge >= 0.3 is 0 Å². The molecule has 68 valence electrons. The van der Waals surface area contributed by atoms with Gasteiger partial charge in [-0.2, -0.15) is 9.19 Å². The summed E-state index contributed by atoms with van der Waals surface area (Å²) in [5, 5.41) is 5.00. The third-order valence-electron chi connectivity index (χ3n) is 1.86. The van der Waals surface area contributed by atoms with Crippen LogP contribution in [0.4, 0.5) is 3.89 Å². The summed E-state index contributed by atoms with van der Waals surface area (Å²) >= 11 is 3.48. The van der Waals surface area contributed by atoms with Crippen LogP contribution >= 0.6 is 28.3 Å². The number of rotatable bonds is 1. The molecule has 2 rings (SSSR count). The molecule has 0 bridgehead atoms. The Morgan fingerprint density at radius 3 is 3.00 bits per heavy atom. The Labute approximate surface area is 87.7 Å². The van der Waals surface area contributed by atoms with Crippen LogP contribution in [0.1, 0.15) is 5.69 Å². The Hall–Kier alpha value is -0.550. The number of nitrogens with zero attached hydrogens (tertiary/aromatic N) is 2. The maximum absolute atomic E-state index is 12.4. The van der Waals surface area contributed by atoms with Crippen molar-refractivity contribution in [1.29, 1.82) is 0 Å². The third-order valence-corrected chi connectivity index (χ3v) is 2.76. The van der Waals surface area contributed by atoms with Crippen LogP contribution in [0, 0.1) is 6.92 Å². The monoisotopic (exact) mass is 260 g/mol. The van der Waals surface area contributed by atoms with Crippen molar-refractivity contribution in [2.45, 2.75) is 6.92 Å². The van der Waals surface area contributed by atoms with Gasteiger partial charge in [0, 0.05) is 9.86 Å². The maximum Gasteiger partial charge on any atom is 0.188 e. The van der Waals surface area contributed by atoms with Crippen molar-refractivity contribution in [2.24, 2.45) is 0 Å². The Balaban J connectivity index is 2.80. The van der Waals surface area contributed by atoms with E-state index in [2.05, 4.69) is 21.0 Å². The van der Waals surface area contributed by atoms with Crippen LogP contribution in [-0.2, 0) is 0 Å². The van der Waals surface area contributed by atoms with Crippen LogP contribution in [0.3, 0.4) is 0 Å². The third kappa shape index (κ3) is 1.46. The second kappa shape index (κ2) is 3.31. The van der Waals surface area contributed by atoms with Gasteiger partial charge in [-0.3, -0.25) is 0 Å². The summed E-state index contributed by atoms with van der Waals surface area (Å²) < 4.78 is 14.6. The van der Waals surface area contributed by atoms with Crippen LogP contribution in [-0.4, -0.2) is 9.19 Å². The molecular formula is C8H6BrFN2S. The van der Waals surface area contributed by atoms with Gasteiger partial charge < -0.3 is 0 Å². The Bertz CT molecular complexity index is 455. The number of halogens is 2. The summed E-state index contributed by atoms with van der Waals surface area (Å²) in [5.74, 6) is 0. The molecule has 13 heavy (non-hydrogen) atoms. The van der Waals surface area contributed by atoms with Crippen molar-refractivity contribution >= 4 is 39.2 Å². The summed E-state index contributed by atoms with van der Waals surface area (Å²) in [7, 11) is 0. The molecule has 2 aromatic rings. The van der Waals surface area contributed by atoms with Crippen LogP contribution in [0.5, 0.6) is 0 Å². The van der Waals surface area contributed by atoms with E-state index < -0.39 is 0 Å². The van der Waals surface area contributed by atoms with E-state index >= 15 is 0 Å². The lowest BCUT2D eigenvalue weighted by molar-refractivity contribution is 0.881. The summed E-state index contributed by atoms with van der Waals surface area (Å²) in [6.07, 6.45) is 0. The SMILES string of the molecule is Cc1nn(SF)c2ccc(Br)cc12. The Morgan fingerprint density at radius 1 is 1.54 bits per heavy atom. The van der Waals surface area contributed by atoms with Crippen molar-refractivity contribution in [3.05, 3.63) is 28.4 Å². The first-order valence-electron chi connectivity index (χ1n) is 3.66. The molecule has 0 aliphatic rings. The largest absolute Gasteiger partial charge is 0.188 e. The molecule has 1 heterocycles. The molecule has 0 saturated heterocycles. The number of benzene rings is 1. The highest BCUT2D eigenvalue weighted by atomic mass is 79.9. The molecule has 2 nitrogen and oxygen atoms in total. The zero-order valence-electron chi connectivity index (χ0n) is 6.79. The summed E-state index contributed by atoms with van der Waals surface area (Å²) in [6.45, 7) is 1.86. The fraction of sp³-hybridized carbons (Fsp3) is 0.125. The maximum atomic E-state index is 12.4. The second-order valence-electron chi connectivity index (χ2n) is 2.69. The zero-order chi connectivity index (χ0) is 9.42. The lowest BCUT2D eigenvalue weighted by Crippen LogP contribution is -1.84. The summed E-state index contributed by atoms with van der Waals surface area (Å²) in [6, 6.07) is 5.65. The Morgan fingerprint density at radius 2 is 2.31 bits per heavy atom. The molecule has 1 aromatic carbocycles. The van der Waals surface area contributed by atoms with Crippen LogP contribution in [0.15, 0.2) is 22.7 Å².